The van der Waals surface area contributed by atoms with Gasteiger partial charge in [-0.3, -0.25) is 14.6 Å². The number of nitrogens with one attached hydrogen (secondary N) is 2. The van der Waals surface area contributed by atoms with E-state index in [9.17, 15) is 9.59 Å². The minimum atomic E-state index is -0.0670. The lowest BCUT2D eigenvalue weighted by Crippen LogP contribution is -2.57. The van der Waals surface area contributed by atoms with Crippen molar-refractivity contribution in [1.82, 2.24) is 15.6 Å². The second-order valence-electron chi connectivity index (χ2n) is 11.4. The van der Waals surface area contributed by atoms with Crippen molar-refractivity contribution in [2.45, 2.75) is 39.2 Å². The van der Waals surface area contributed by atoms with Gasteiger partial charge in [-0.05, 0) is 46.7 Å². The molecule has 2 aromatic heterocycles. The summed E-state index contributed by atoms with van der Waals surface area (Å²) in [5, 5.41) is 7.41. The number of thiophene rings is 1. The molecule has 1 aliphatic carbocycles. The van der Waals surface area contributed by atoms with Crippen LogP contribution in [0.15, 0.2) is 42.6 Å². The zero-order valence-electron chi connectivity index (χ0n) is 22.0. The summed E-state index contributed by atoms with van der Waals surface area (Å²) in [6, 6.07) is 12.5. The molecule has 7 nitrogen and oxygen atoms in total. The Morgan fingerprint density at radius 1 is 1.16 bits per heavy atom. The van der Waals surface area contributed by atoms with Gasteiger partial charge < -0.3 is 20.3 Å². The van der Waals surface area contributed by atoms with Crippen LogP contribution in [0.4, 0.5) is 5.00 Å². The van der Waals surface area contributed by atoms with Gasteiger partial charge in [-0.15, -0.1) is 11.3 Å². The lowest BCUT2D eigenvalue weighted by molar-refractivity contribution is -0.121. The number of hydrogen-bond acceptors (Lipinski definition) is 7. The van der Waals surface area contributed by atoms with Gasteiger partial charge >= 0.3 is 0 Å². The van der Waals surface area contributed by atoms with Crippen LogP contribution in [0, 0.1) is 5.41 Å². The van der Waals surface area contributed by atoms with E-state index in [1.54, 1.807) is 11.3 Å². The van der Waals surface area contributed by atoms with Gasteiger partial charge in [0.05, 0.1) is 41.2 Å². The van der Waals surface area contributed by atoms with Crippen molar-refractivity contribution < 1.29 is 14.3 Å². The molecule has 0 radical (unpaired) electrons. The van der Waals surface area contributed by atoms with Gasteiger partial charge in [0.15, 0.2) is 5.78 Å². The molecule has 2 aliphatic heterocycles. The largest absolute Gasteiger partial charge is 0.378 e. The first kappa shape index (κ1) is 25.2. The van der Waals surface area contributed by atoms with Crippen LogP contribution in [-0.4, -0.2) is 62.1 Å². The number of anilines is 1. The Labute approximate surface area is 227 Å². The zero-order valence-corrected chi connectivity index (χ0v) is 22.8. The van der Waals surface area contributed by atoms with Crippen LogP contribution in [0.5, 0.6) is 0 Å². The lowest BCUT2D eigenvalue weighted by Gasteiger charge is -2.30. The Bertz CT molecular complexity index is 1370. The highest BCUT2D eigenvalue weighted by molar-refractivity contribution is 7.19. The van der Waals surface area contributed by atoms with E-state index in [1.165, 1.54) is 11.1 Å². The van der Waals surface area contributed by atoms with E-state index < -0.39 is 0 Å². The van der Waals surface area contributed by atoms with E-state index in [0.29, 0.717) is 26.1 Å². The molecule has 4 heterocycles. The third-order valence-corrected chi connectivity index (χ3v) is 8.95. The second kappa shape index (κ2) is 10.2. The fourth-order valence-electron chi connectivity index (χ4n) is 5.63. The number of carbonyl (C=O) groups excluding carboxylic acids is 2. The zero-order chi connectivity index (χ0) is 26.3. The van der Waals surface area contributed by atoms with Gasteiger partial charge in [0.2, 0.25) is 5.91 Å². The summed E-state index contributed by atoms with van der Waals surface area (Å²) in [5.74, 6) is 0.294. The third kappa shape index (κ3) is 5.13. The molecule has 3 aliphatic rings. The number of fused-ring (bicyclic) bond motifs is 1. The molecular formula is C30H34N4O3S. The molecule has 1 aromatic carbocycles. The van der Waals surface area contributed by atoms with Gasteiger partial charge in [-0.2, -0.15) is 0 Å². The number of hydrogen-bond donors (Lipinski definition) is 2. The minimum absolute atomic E-state index is 0.0442. The van der Waals surface area contributed by atoms with E-state index in [-0.39, 0.29) is 23.1 Å². The molecule has 8 heteroatoms. The van der Waals surface area contributed by atoms with Crippen LogP contribution < -0.4 is 15.5 Å². The van der Waals surface area contributed by atoms with Crippen molar-refractivity contribution in [3.63, 3.8) is 0 Å². The molecule has 0 unspecified atom stereocenters. The average molecular weight is 531 g/mol. The SMILES string of the molecule is CC1(C)CC(=O)c2sc(N3CCOCC3)c(-c3ccnc(-c4cccc(CC(=O)NC5CNC5)c4)c3)c2C1. The van der Waals surface area contributed by atoms with Crippen molar-refractivity contribution in [2.24, 2.45) is 5.41 Å². The number of morpholine rings is 1. The standard InChI is InChI=1S/C30H34N4O3S/c1-30(2)15-23-27(29(34-8-10-37-11-9-34)38-28(23)25(35)16-30)21-6-7-32-24(14-21)20-5-3-4-19(12-20)13-26(36)33-22-17-31-18-22/h3-7,12,14,22,31H,8-11,13,15-18H2,1-2H3,(H,33,36). The summed E-state index contributed by atoms with van der Waals surface area (Å²) < 4.78 is 5.62. The maximum atomic E-state index is 13.2. The number of carbonyl (C=O) groups is 2. The first-order chi connectivity index (χ1) is 18.4. The highest BCUT2D eigenvalue weighted by atomic mass is 32.1. The Kier molecular flexibility index (Phi) is 6.80. The lowest BCUT2D eigenvalue weighted by atomic mass is 9.75. The van der Waals surface area contributed by atoms with Crippen LogP contribution in [-0.2, 0) is 22.4 Å². The van der Waals surface area contributed by atoms with Crippen molar-refractivity contribution in [2.75, 3.05) is 44.3 Å². The molecule has 6 rings (SSSR count). The maximum absolute atomic E-state index is 13.2. The number of benzene rings is 1. The molecule has 0 spiro atoms. The Morgan fingerprint density at radius 3 is 2.74 bits per heavy atom. The number of ketones is 1. The summed E-state index contributed by atoms with van der Waals surface area (Å²) in [6.07, 6.45) is 3.67. The fourth-order valence-corrected chi connectivity index (χ4v) is 6.96. The first-order valence-electron chi connectivity index (χ1n) is 13.4. The van der Waals surface area contributed by atoms with Crippen molar-refractivity contribution in [3.05, 3.63) is 58.6 Å². The number of amides is 1. The van der Waals surface area contributed by atoms with E-state index in [1.807, 2.05) is 24.4 Å². The van der Waals surface area contributed by atoms with Crippen LogP contribution in [0.25, 0.3) is 22.4 Å². The molecule has 0 bridgehead atoms. The van der Waals surface area contributed by atoms with Gasteiger partial charge in [0.1, 0.15) is 0 Å². The number of ether oxygens (including phenoxy) is 1. The topological polar surface area (TPSA) is 83.6 Å². The second-order valence-corrected chi connectivity index (χ2v) is 12.4. The summed E-state index contributed by atoms with van der Waals surface area (Å²) in [7, 11) is 0. The number of Topliss-reactive ketones (excluding diaryl/α,β-unsaturated/α-hetero) is 1. The number of aromatic nitrogens is 1. The summed E-state index contributed by atoms with van der Waals surface area (Å²) in [4.78, 5) is 33.7. The Balaban J connectivity index is 1.35. The molecule has 38 heavy (non-hydrogen) atoms. The summed E-state index contributed by atoms with van der Waals surface area (Å²) in [6.45, 7) is 9.08. The number of rotatable bonds is 6. The highest BCUT2D eigenvalue weighted by Gasteiger charge is 2.37. The van der Waals surface area contributed by atoms with Crippen molar-refractivity contribution in [3.8, 4) is 22.4 Å². The van der Waals surface area contributed by atoms with E-state index >= 15 is 0 Å². The molecule has 1 amide bonds. The van der Waals surface area contributed by atoms with Crippen LogP contribution in [0.3, 0.4) is 0 Å². The molecule has 2 saturated heterocycles. The Morgan fingerprint density at radius 2 is 1.97 bits per heavy atom. The normalized spacial score (nSPS) is 19.1. The summed E-state index contributed by atoms with van der Waals surface area (Å²) >= 11 is 1.65. The van der Waals surface area contributed by atoms with Gasteiger partial charge in [0.25, 0.3) is 0 Å². The van der Waals surface area contributed by atoms with Crippen LogP contribution in [0.1, 0.15) is 41.1 Å². The first-order valence-corrected chi connectivity index (χ1v) is 14.3. The van der Waals surface area contributed by atoms with Crippen molar-refractivity contribution >= 4 is 28.0 Å². The number of nitrogens with zero attached hydrogens (tertiary/aromatic N) is 2. The molecule has 2 N–H and O–H groups in total. The molecule has 198 valence electrons. The number of pyridine rings is 1. The third-order valence-electron chi connectivity index (χ3n) is 7.62. The fraction of sp³-hybridized carbons (Fsp3) is 0.433. The van der Waals surface area contributed by atoms with E-state index in [4.69, 9.17) is 9.72 Å². The van der Waals surface area contributed by atoms with Crippen LogP contribution >= 0.6 is 11.3 Å². The predicted molar refractivity (Wildman–Crippen MR) is 151 cm³/mol. The van der Waals surface area contributed by atoms with E-state index in [2.05, 4.69) is 47.6 Å². The molecule has 0 saturated carbocycles. The Hall–Kier alpha value is -3.07. The van der Waals surface area contributed by atoms with Gasteiger partial charge in [-0.25, -0.2) is 0 Å². The predicted octanol–water partition coefficient (Wildman–Crippen LogP) is 4.10. The van der Waals surface area contributed by atoms with Gasteiger partial charge in [-0.1, -0.05) is 32.0 Å². The van der Waals surface area contributed by atoms with E-state index in [0.717, 1.165) is 64.9 Å². The molecule has 0 atom stereocenters. The summed E-state index contributed by atoms with van der Waals surface area (Å²) in [5.41, 5.74) is 6.17. The molecule has 2 fully saturated rings. The highest BCUT2D eigenvalue weighted by Crippen LogP contribution is 2.49. The monoisotopic (exact) mass is 530 g/mol. The quantitative estimate of drug-likeness (QED) is 0.499. The minimum Gasteiger partial charge on any atom is -0.378 e. The maximum Gasteiger partial charge on any atom is 0.224 e. The average Bonchev–Trinajstić information content (AvgIpc) is 3.26. The molecule has 3 aromatic rings. The van der Waals surface area contributed by atoms with Gasteiger partial charge in [0, 0.05) is 49.9 Å². The smallest absolute Gasteiger partial charge is 0.224 e. The molecular weight excluding hydrogens is 496 g/mol. The van der Waals surface area contributed by atoms with Crippen molar-refractivity contribution in [1.29, 1.82) is 0 Å². The van der Waals surface area contributed by atoms with Crippen LogP contribution in [0.2, 0.25) is 0 Å².